The Morgan fingerprint density at radius 3 is 0.402 bits per heavy atom. The van der Waals surface area contributed by atoms with Gasteiger partial charge >= 0.3 is 30.2 Å². The molecule has 12 aromatic rings. The van der Waals surface area contributed by atoms with Crippen molar-refractivity contribution >= 4 is 134 Å². The van der Waals surface area contributed by atoms with E-state index >= 15 is 0 Å². The standard InChI is InChI=1S/C24H27Cl3Si2.2C24H28Si.C18H14.C4H9.Cl4Si.Li/c1-4-28(5-2,6-3)23-15-11-21(12-16-23)19-7-9-20(10-8-19)22-13-17-24(18-14-22)29(25,26)27;2*1-4-25(5-2,6-3)24-18-16-23(17-19-24)22-14-12-21(13-15-22)20-10-8-7-9-11-20;1-3-7-15(8-4-1)17-11-13-18(14-12-17)16-9-5-2-6-10-16;1-4(2)3;1-5(2,3)4;/h7-18H,4-6H2,1-3H3;2*7-19H,4-6H2,1-3H3;1-14H;1-3H3;;/q;;;;-1;;+1. The normalized spacial score (nSPS) is 11.3. The van der Waals surface area contributed by atoms with E-state index in [-0.39, 0.29) is 18.9 Å². The minimum atomic E-state index is -2.82. The quantitative estimate of drug-likeness (QED) is 0.0382. The molecule has 107 heavy (non-hydrogen) atoms. The number of benzene rings is 12. The molecule has 0 spiro atoms. The molecule has 0 saturated carbocycles. The van der Waals surface area contributed by atoms with E-state index in [0.29, 0.717) is 0 Å². The van der Waals surface area contributed by atoms with Crippen molar-refractivity contribution in [2.24, 2.45) is 0 Å². The predicted molar refractivity (Wildman–Crippen MR) is 492 cm³/mol. The van der Waals surface area contributed by atoms with Crippen molar-refractivity contribution in [3.8, 4) is 89.0 Å². The van der Waals surface area contributed by atoms with Crippen molar-refractivity contribution in [2.75, 3.05) is 0 Å². The largest absolute Gasteiger partial charge is 1.00 e. The van der Waals surface area contributed by atoms with Gasteiger partial charge in [0.05, 0.1) is 24.2 Å². The Kier molecular flexibility index (Phi) is 38.0. The Morgan fingerprint density at radius 1 is 0.187 bits per heavy atom. The zero-order valence-electron chi connectivity index (χ0n) is 65.0. The second kappa shape index (κ2) is 45.0. The van der Waals surface area contributed by atoms with E-state index in [1.807, 2.05) is 36.4 Å². The van der Waals surface area contributed by atoms with E-state index in [4.69, 9.17) is 77.6 Å². The van der Waals surface area contributed by atoms with Crippen LogP contribution in [-0.2, 0) is 0 Å². The molecule has 0 heterocycles. The van der Waals surface area contributed by atoms with Crippen molar-refractivity contribution < 1.29 is 18.9 Å². The molecule has 0 atom stereocenters. The Hall–Kier alpha value is -5.65. The molecule has 0 amide bonds. The summed E-state index contributed by atoms with van der Waals surface area (Å²) >= 11 is 38.1. The van der Waals surface area contributed by atoms with Crippen molar-refractivity contribution in [2.45, 2.75) is 137 Å². The first-order valence-corrected chi connectivity index (χ1v) is 56.5. The fourth-order valence-electron chi connectivity index (χ4n) is 13.9. The number of hydrogen-bond acceptors (Lipinski definition) is 0. The molecule has 0 nitrogen and oxygen atoms in total. The summed E-state index contributed by atoms with van der Waals surface area (Å²) in [5, 5.41) is 2.91. The van der Waals surface area contributed by atoms with Gasteiger partial charge < -0.3 is 5.92 Å². The maximum absolute atomic E-state index is 6.08. The molecule has 552 valence electrons. The first-order chi connectivity index (χ1) is 50.9. The Labute approximate surface area is 693 Å². The van der Waals surface area contributed by atoms with Crippen molar-refractivity contribution in [3.63, 3.8) is 0 Å². The van der Waals surface area contributed by atoms with Gasteiger partial charge in [-0.05, 0) is 94.2 Å². The second-order valence-electron chi connectivity index (χ2n) is 27.5. The summed E-state index contributed by atoms with van der Waals surface area (Å²) in [4.78, 5) is 0. The van der Waals surface area contributed by atoms with Crippen LogP contribution in [0.1, 0.15) is 83.1 Å². The molecular weight excluding hydrogens is 1520 g/mol. The van der Waals surface area contributed by atoms with Gasteiger partial charge in [0.25, 0.3) is 0 Å². The first kappa shape index (κ1) is 90.2. The molecule has 0 unspecified atom stereocenters. The van der Waals surface area contributed by atoms with Gasteiger partial charge in [0.1, 0.15) is 0 Å². The van der Waals surface area contributed by atoms with Crippen LogP contribution in [0.2, 0.25) is 54.4 Å². The van der Waals surface area contributed by atoms with Gasteiger partial charge in [-0.2, -0.15) is 20.8 Å². The molecule has 12 aromatic carbocycles. The summed E-state index contributed by atoms with van der Waals surface area (Å²) in [7, 11) is -3.85. The van der Waals surface area contributed by atoms with E-state index < -0.39 is 35.5 Å². The van der Waals surface area contributed by atoms with E-state index in [0.717, 1.165) is 16.3 Å². The maximum Gasteiger partial charge on any atom is 1.00 e. The van der Waals surface area contributed by atoms with Crippen molar-refractivity contribution in [1.29, 1.82) is 0 Å². The Morgan fingerprint density at radius 2 is 0.290 bits per heavy atom. The topological polar surface area (TPSA) is 0 Å². The van der Waals surface area contributed by atoms with Gasteiger partial charge in [-0.1, -0.05) is 448 Å². The monoisotopic (exact) mass is 1630 g/mol. The molecule has 0 N–H and O–H groups in total. The van der Waals surface area contributed by atoms with Crippen LogP contribution in [0, 0.1) is 5.92 Å². The summed E-state index contributed by atoms with van der Waals surface area (Å²) in [5.74, 6) is 1.42. The molecule has 13 heteroatoms. The fourth-order valence-corrected chi connectivity index (χ4v) is 26.4. The van der Waals surface area contributed by atoms with Gasteiger partial charge in [0, 0.05) is 0 Å². The third-order valence-corrected chi connectivity index (χ3v) is 40.9. The summed E-state index contributed by atoms with van der Waals surface area (Å²) < 4.78 is 0. The zero-order valence-corrected chi connectivity index (χ0v) is 75.3. The predicted octanol–water partition coefficient (Wildman–Crippen LogP) is 27.1. The van der Waals surface area contributed by atoms with E-state index in [1.165, 1.54) is 138 Å². The minimum absolute atomic E-state index is 0. The average Bonchev–Trinajstić information content (AvgIpc) is 0.819. The number of hydrogen-bond donors (Lipinski definition) is 0. The number of halogens is 7. The molecule has 0 saturated heterocycles. The van der Waals surface area contributed by atoms with Crippen LogP contribution in [0.25, 0.3) is 89.0 Å². The molecule has 12 rings (SSSR count). The average molecular weight is 1630 g/mol. The SMILES string of the molecule is CC[Si](CC)(CC)c1ccc(-c2ccc(-c3ccc([Si](Cl)(Cl)Cl)cc3)cc2)cc1.CC[Si](CC)(CC)c1ccc(-c2ccc(-c3ccccc3)cc2)cc1.CC[Si](CC)(CC)c1ccc(-c2ccc(-c3ccccc3)cc2)cc1.C[C-](C)C.Cl[Si](Cl)(Cl)Cl.[Li+].c1ccc(-c2ccc(-c3ccccc3)cc2)cc1. The van der Waals surface area contributed by atoms with Crippen LogP contribution >= 0.6 is 77.6 Å². The summed E-state index contributed by atoms with van der Waals surface area (Å²) in [6.45, 7) is 27.5. The van der Waals surface area contributed by atoms with Gasteiger partial charge in [0.15, 0.2) is 0 Å². The Balaban J connectivity index is 0.000000216. The molecule has 0 aliphatic rings. The molecule has 0 radical (unpaired) electrons. The van der Waals surface area contributed by atoms with Crippen LogP contribution in [0.5, 0.6) is 0 Å². The number of rotatable bonds is 21. The third kappa shape index (κ3) is 27.1. The smallest absolute Gasteiger partial charge is 0.323 e. The van der Waals surface area contributed by atoms with Gasteiger partial charge in [-0.15, -0.1) is 77.6 Å². The maximum atomic E-state index is 6.08. The van der Waals surface area contributed by atoms with Crippen molar-refractivity contribution in [1.82, 2.24) is 0 Å². The van der Waals surface area contributed by atoms with Crippen LogP contribution in [0.4, 0.5) is 0 Å². The van der Waals surface area contributed by atoms with Crippen LogP contribution in [-0.4, -0.2) is 35.5 Å². The molecule has 0 aliphatic carbocycles. The minimum Gasteiger partial charge on any atom is -0.323 e. The molecule has 0 bridgehead atoms. The second-order valence-corrected chi connectivity index (χ2v) is 62.9. The molecular formula is C94H106Cl7LiSi5. The van der Waals surface area contributed by atoms with Crippen LogP contribution in [0.3, 0.4) is 0 Å². The van der Waals surface area contributed by atoms with Crippen LogP contribution in [0.15, 0.2) is 315 Å². The van der Waals surface area contributed by atoms with Gasteiger partial charge in [-0.25, -0.2) is 0 Å². The summed E-state index contributed by atoms with van der Waals surface area (Å²) in [5.41, 5.74) is 20.1. The molecule has 0 aromatic heterocycles. The molecule has 0 fully saturated rings. The van der Waals surface area contributed by atoms with E-state index in [1.54, 1.807) is 15.6 Å². The van der Waals surface area contributed by atoms with Gasteiger partial charge in [0.2, 0.25) is 0 Å². The summed E-state index contributed by atoms with van der Waals surface area (Å²) in [6.07, 6.45) is 0. The third-order valence-electron chi connectivity index (χ3n) is 21.1. The van der Waals surface area contributed by atoms with E-state index in [2.05, 4.69) is 362 Å². The van der Waals surface area contributed by atoms with E-state index in [9.17, 15) is 0 Å². The van der Waals surface area contributed by atoms with Crippen LogP contribution < -0.4 is 39.6 Å². The fraction of sp³-hybridized carbons (Fsp3) is 0.223. The Bertz CT molecular complexity index is 4180. The zero-order chi connectivity index (χ0) is 76.8. The summed E-state index contributed by atoms with van der Waals surface area (Å²) in [6, 6.07) is 122. The first-order valence-electron chi connectivity index (χ1n) is 37.6. The van der Waals surface area contributed by atoms with Gasteiger partial charge in [-0.3, -0.25) is 0 Å². The molecule has 0 aliphatic heterocycles. The van der Waals surface area contributed by atoms with Crippen molar-refractivity contribution in [3.05, 3.63) is 321 Å².